The standard InChI is InChI=1S/C14H20N4O2/c1-4-6-18-7-5-15-13(18)9-16-14(19)8-12-10(2)17-20-11(12)3/h5,7H,4,6,8-9H2,1-3H3,(H,16,19). The van der Waals surface area contributed by atoms with Crippen LogP contribution >= 0.6 is 0 Å². The molecule has 0 saturated carbocycles. The van der Waals surface area contributed by atoms with Crippen LogP contribution < -0.4 is 5.32 Å². The van der Waals surface area contributed by atoms with Gasteiger partial charge in [0.25, 0.3) is 0 Å². The number of nitrogens with zero attached hydrogens (tertiary/aromatic N) is 3. The average Bonchev–Trinajstić information content (AvgIpc) is 2.98. The molecule has 0 aliphatic rings. The van der Waals surface area contributed by atoms with Gasteiger partial charge in [0.05, 0.1) is 18.7 Å². The summed E-state index contributed by atoms with van der Waals surface area (Å²) in [4.78, 5) is 16.2. The summed E-state index contributed by atoms with van der Waals surface area (Å²) >= 11 is 0. The zero-order valence-corrected chi connectivity index (χ0v) is 12.1. The molecular weight excluding hydrogens is 256 g/mol. The molecule has 0 unspecified atom stereocenters. The third kappa shape index (κ3) is 3.26. The first kappa shape index (κ1) is 14.3. The van der Waals surface area contributed by atoms with Gasteiger partial charge in [0, 0.05) is 24.5 Å². The van der Waals surface area contributed by atoms with Crippen molar-refractivity contribution in [2.75, 3.05) is 0 Å². The summed E-state index contributed by atoms with van der Waals surface area (Å²) in [6.07, 6.45) is 5.01. The zero-order chi connectivity index (χ0) is 14.5. The van der Waals surface area contributed by atoms with E-state index in [0.717, 1.165) is 30.0 Å². The van der Waals surface area contributed by atoms with Crippen molar-refractivity contribution in [3.05, 3.63) is 35.2 Å². The van der Waals surface area contributed by atoms with Gasteiger partial charge in [-0.25, -0.2) is 4.98 Å². The van der Waals surface area contributed by atoms with E-state index in [1.54, 1.807) is 6.20 Å². The van der Waals surface area contributed by atoms with Gasteiger partial charge in [-0.05, 0) is 20.3 Å². The Hall–Kier alpha value is -2.11. The summed E-state index contributed by atoms with van der Waals surface area (Å²) in [5, 5.41) is 6.73. The molecular formula is C14H20N4O2. The largest absolute Gasteiger partial charge is 0.361 e. The lowest BCUT2D eigenvalue weighted by molar-refractivity contribution is -0.120. The van der Waals surface area contributed by atoms with Gasteiger partial charge in [0.15, 0.2) is 0 Å². The molecule has 0 aliphatic carbocycles. The highest BCUT2D eigenvalue weighted by molar-refractivity contribution is 5.78. The maximum atomic E-state index is 12.0. The molecule has 20 heavy (non-hydrogen) atoms. The summed E-state index contributed by atoms with van der Waals surface area (Å²) in [7, 11) is 0. The number of hydrogen-bond acceptors (Lipinski definition) is 4. The summed E-state index contributed by atoms with van der Waals surface area (Å²) in [6, 6.07) is 0. The van der Waals surface area contributed by atoms with Crippen LogP contribution in [0.5, 0.6) is 0 Å². The predicted octanol–water partition coefficient (Wildman–Crippen LogP) is 1.76. The Morgan fingerprint density at radius 2 is 2.25 bits per heavy atom. The molecule has 1 amide bonds. The highest BCUT2D eigenvalue weighted by Gasteiger charge is 2.13. The van der Waals surface area contributed by atoms with Crippen molar-refractivity contribution in [2.24, 2.45) is 0 Å². The van der Waals surface area contributed by atoms with Gasteiger partial charge in [0.2, 0.25) is 5.91 Å². The fourth-order valence-corrected chi connectivity index (χ4v) is 2.11. The molecule has 0 spiro atoms. The number of aromatic nitrogens is 3. The number of amides is 1. The summed E-state index contributed by atoms with van der Waals surface area (Å²) < 4.78 is 7.10. The second-order valence-electron chi connectivity index (χ2n) is 4.79. The molecule has 2 aromatic heterocycles. The van der Waals surface area contributed by atoms with E-state index < -0.39 is 0 Å². The van der Waals surface area contributed by atoms with E-state index in [-0.39, 0.29) is 12.3 Å². The molecule has 2 rings (SSSR count). The normalized spacial score (nSPS) is 10.8. The minimum absolute atomic E-state index is 0.0505. The Morgan fingerprint density at radius 1 is 1.45 bits per heavy atom. The quantitative estimate of drug-likeness (QED) is 0.872. The van der Waals surface area contributed by atoms with Crippen molar-refractivity contribution in [3.63, 3.8) is 0 Å². The highest BCUT2D eigenvalue weighted by atomic mass is 16.5. The van der Waals surface area contributed by atoms with Gasteiger partial charge in [-0.1, -0.05) is 12.1 Å². The summed E-state index contributed by atoms with van der Waals surface area (Å²) in [5.41, 5.74) is 1.63. The van der Waals surface area contributed by atoms with Crippen molar-refractivity contribution in [2.45, 2.75) is 46.7 Å². The van der Waals surface area contributed by atoms with Crippen LogP contribution in [0.3, 0.4) is 0 Å². The first-order valence-electron chi connectivity index (χ1n) is 6.80. The fourth-order valence-electron chi connectivity index (χ4n) is 2.11. The Bertz CT molecular complexity index is 566. The molecule has 6 heteroatoms. The van der Waals surface area contributed by atoms with E-state index >= 15 is 0 Å². The number of imidazole rings is 1. The van der Waals surface area contributed by atoms with Crippen LogP contribution in [-0.4, -0.2) is 20.6 Å². The van der Waals surface area contributed by atoms with Crippen molar-refractivity contribution in [3.8, 4) is 0 Å². The molecule has 2 aromatic rings. The minimum Gasteiger partial charge on any atom is -0.361 e. The van der Waals surface area contributed by atoms with Crippen LogP contribution in [0, 0.1) is 13.8 Å². The van der Waals surface area contributed by atoms with E-state index in [0.29, 0.717) is 12.3 Å². The van der Waals surface area contributed by atoms with Crippen LogP contribution in [0.15, 0.2) is 16.9 Å². The average molecular weight is 276 g/mol. The van der Waals surface area contributed by atoms with Gasteiger partial charge in [0.1, 0.15) is 11.6 Å². The lowest BCUT2D eigenvalue weighted by atomic mass is 10.1. The van der Waals surface area contributed by atoms with Crippen molar-refractivity contribution < 1.29 is 9.32 Å². The second kappa shape index (κ2) is 6.36. The van der Waals surface area contributed by atoms with E-state index in [1.807, 2.05) is 20.0 Å². The van der Waals surface area contributed by atoms with E-state index in [1.165, 1.54) is 0 Å². The van der Waals surface area contributed by atoms with Gasteiger partial charge in [-0.2, -0.15) is 0 Å². The van der Waals surface area contributed by atoms with E-state index in [4.69, 9.17) is 4.52 Å². The third-order valence-electron chi connectivity index (χ3n) is 3.23. The van der Waals surface area contributed by atoms with Crippen molar-refractivity contribution in [1.82, 2.24) is 20.0 Å². The van der Waals surface area contributed by atoms with Crippen LogP contribution in [0.1, 0.15) is 36.2 Å². The number of carbonyl (C=O) groups is 1. The molecule has 0 aromatic carbocycles. The molecule has 0 fully saturated rings. The topological polar surface area (TPSA) is 73.0 Å². The van der Waals surface area contributed by atoms with Crippen molar-refractivity contribution in [1.29, 1.82) is 0 Å². The monoisotopic (exact) mass is 276 g/mol. The lowest BCUT2D eigenvalue weighted by Gasteiger charge is -2.07. The first-order valence-corrected chi connectivity index (χ1v) is 6.80. The third-order valence-corrected chi connectivity index (χ3v) is 3.23. The molecule has 108 valence electrons. The number of aryl methyl sites for hydroxylation is 3. The van der Waals surface area contributed by atoms with Gasteiger partial charge >= 0.3 is 0 Å². The minimum atomic E-state index is -0.0505. The van der Waals surface area contributed by atoms with Gasteiger partial charge < -0.3 is 14.4 Å². The molecule has 6 nitrogen and oxygen atoms in total. The summed E-state index contributed by atoms with van der Waals surface area (Å²) in [5.74, 6) is 1.52. The van der Waals surface area contributed by atoms with Crippen molar-refractivity contribution >= 4 is 5.91 Å². The molecule has 0 aliphatic heterocycles. The molecule has 1 N–H and O–H groups in total. The van der Waals surface area contributed by atoms with Crippen LogP contribution in [0.2, 0.25) is 0 Å². The van der Waals surface area contributed by atoms with Crippen LogP contribution in [0.4, 0.5) is 0 Å². The first-order chi connectivity index (χ1) is 9.61. The Balaban J connectivity index is 1.91. The Morgan fingerprint density at radius 3 is 2.90 bits per heavy atom. The highest BCUT2D eigenvalue weighted by Crippen LogP contribution is 2.12. The zero-order valence-electron chi connectivity index (χ0n) is 12.1. The smallest absolute Gasteiger partial charge is 0.224 e. The van der Waals surface area contributed by atoms with Crippen LogP contribution in [0.25, 0.3) is 0 Å². The number of hydrogen-bond donors (Lipinski definition) is 1. The van der Waals surface area contributed by atoms with Gasteiger partial charge in [-0.15, -0.1) is 0 Å². The molecule has 2 heterocycles. The fraction of sp³-hybridized carbons (Fsp3) is 0.500. The number of carbonyl (C=O) groups excluding carboxylic acids is 1. The predicted molar refractivity (Wildman–Crippen MR) is 74.0 cm³/mol. The summed E-state index contributed by atoms with van der Waals surface area (Å²) in [6.45, 7) is 7.12. The Kier molecular flexibility index (Phi) is 4.55. The van der Waals surface area contributed by atoms with Crippen LogP contribution in [-0.2, 0) is 24.3 Å². The molecule has 0 bridgehead atoms. The van der Waals surface area contributed by atoms with E-state index in [9.17, 15) is 4.79 Å². The number of nitrogens with one attached hydrogen (secondary N) is 1. The Labute approximate surface area is 118 Å². The SMILES string of the molecule is CCCn1ccnc1CNC(=O)Cc1c(C)noc1C. The van der Waals surface area contributed by atoms with E-state index in [2.05, 4.69) is 26.9 Å². The molecule has 0 radical (unpaired) electrons. The maximum Gasteiger partial charge on any atom is 0.224 e. The second-order valence-corrected chi connectivity index (χ2v) is 4.79. The lowest BCUT2D eigenvalue weighted by Crippen LogP contribution is -2.26. The molecule has 0 saturated heterocycles. The van der Waals surface area contributed by atoms with Gasteiger partial charge in [-0.3, -0.25) is 4.79 Å². The molecule has 0 atom stereocenters. The maximum absolute atomic E-state index is 12.0. The number of rotatable bonds is 6.